The fourth-order valence-corrected chi connectivity index (χ4v) is 6.66. The third kappa shape index (κ3) is 7.40. The molecule has 200 valence electrons. The number of amides is 2. The van der Waals surface area contributed by atoms with Gasteiger partial charge in [0.1, 0.15) is 33.9 Å². The Bertz CT molecular complexity index is 1320. The van der Waals surface area contributed by atoms with Gasteiger partial charge in [-0.1, -0.05) is 35.2 Å². The number of phenolic OH excluding ortho intramolecular Hbond substituents is 1. The summed E-state index contributed by atoms with van der Waals surface area (Å²) < 4.78 is 32.3. The molecule has 1 aromatic carbocycles. The van der Waals surface area contributed by atoms with Crippen molar-refractivity contribution in [2.24, 2.45) is 5.73 Å². The molecule has 3 atom stereocenters. The van der Waals surface area contributed by atoms with E-state index in [1.807, 2.05) is 6.92 Å². The molecule has 2 aromatic rings. The van der Waals surface area contributed by atoms with Gasteiger partial charge in [-0.3, -0.25) is 23.6 Å². The van der Waals surface area contributed by atoms with Crippen molar-refractivity contribution in [3.8, 4) is 5.75 Å². The third-order valence-corrected chi connectivity index (χ3v) is 8.36. The summed E-state index contributed by atoms with van der Waals surface area (Å²) in [4.78, 5) is 38.5. The van der Waals surface area contributed by atoms with Crippen molar-refractivity contribution in [2.45, 2.75) is 28.7 Å². The van der Waals surface area contributed by atoms with Gasteiger partial charge in [-0.25, -0.2) is 4.79 Å². The Hall–Kier alpha value is -2.74. The van der Waals surface area contributed by atoms with Crippen LogP contribution in [-0.4, -0.2) is 83.5 Å². The van der Waals surface area contributed by atoms with E-state index >= 15 is 0 Å². The van der Waals surface area contributed by atoms with E-state index in [9.17, 15) is 24.6 Å². The summed E-state index contributed by atoms with van der Waals surface area (Å²) in [6.07, 6.45) is 0. The topological polar surface area (TPSA) is 233 Å². The van der Waals surface area contributed by atoms with Crippen LogP contribution >= 0.6 is 34.9 Å². The van der Waals surface area contributed by atoms with Crippen LogP contribution in [0.4, 0.5) is 0 Å². The maximum Gasteiger partial charge on any atom is 0.394 e. The molecule has 2 amide bonds. The number of aromatic nitrogens is 2. The van der Waals surface area contributed by atoms with Crippen LogP contribution in [0.2, 0.25) is 0 Å². The summed E-state index contributed by atoms with van der Waals surface area (Å²) in [7, 11) is -4.67. The second-order valence-electron chi connectivity index (χ2n) is 7.55. The average Bonchev–Trinajstić information content (AvgIpc) is 3.24. The van der Waals surface area contributed by atoms with Crippen molar-refractivity contribution >= 4 is 63.0 Å². The van der Waals surface area contributed by atoms with E-state index in [1.165, 1.54) is 64.0 Å². The minimum atomic E-state index is -4.67. The Labute approximate surface area is 222 Å². The molecule has 7 N–H and O–H groups in total. The van der Waals surface area contributed by atoms with Gasteiger partial charge >= 0.3 is 16.4 Å². The number of nitrogens with zero attached hydrogens (tertiary/aromatic N) is 3. The van der Waals surface area contributed by atoms with Crippen LogP contribution < -0.4 is 11.1 Å². The highest BCUT2D eigenvalue weighted by atomic mass is 32.3. The van der Waals surface area contributed by atoms with Crippen LogP contribution in [0.1, 0.15) is 16.6 Å². The molecule has 0 aliphatic carbocycles. The zero-order chi connectivity index (χ0) is 27.5. The summed E-state index contributed by atoms with van der Waals surface area (Å²) in [6.45, 7) is 1.84. The number of hydrogen-bond acceptors (Lipinski definition) is 12. The van der Waals surface area contributed by atoms with Gasteiger partial charge in [0.05, 0.1) is 0 Å². The second-order valence-corrected chi connectivity index (χ2v) is 12.0. The Balaban J connectivity index is 0.000000695. The molecule has 0 radical (unpaired) electrons. The molecule has 0 saturated carbocycles. The monoisotopic (exact) mass is 591 g/mol. The standard InChI is InChI=1S/C19H19N5O5S3.H2O4S/c1-8-22-23-19(32-8)31-7-10-6-30-17-13(16(27)24(17)14(10)18(28)29)21-15(26)12(20)9-2-4-11(25)5-3-9;1-5(2,3)4/h2-5,12-13,17,25H,6-7,20H2,1H3,(H,21,26)(H,28,29);(H2,1,2,3,4)/t12?,13-,17-;/m1./s1. The average molecular weight is 592 g/mol. The number of thioether (sulfide) groups is 2. The quantitative estimate of drug-likeness (QED) is 0.146. The molecule has 2 aliphatic heterocycles. The van der Waals surface area contributed by atoms with E-state index < -0.39 is 45.6 Å². The number of carbonyl (C=O) groups is 3. The summed E-state index contributed by atoms with van der Waals surface area (Å²) in [5.41, 5.74) is 7.05. The van der Waals surface area contributed by atoms with E-state index in [4.69, 9.17) is 23.3 Å². The van der Waals surface area contributed by atoms with Gasteiger partial charge in [-0.15, -0.1) is 22.0 Å². The maximum absolute atomic E-state index is 12.8. The minimum absolute atomic E-state index is 0.0409. The van der Waals surface area contributed by atoms with E-state index in [0.717, 1.165) is 9.35 Å². The molecular weight excluding hydrogens is 571 g/mol. The number of benzene rings is 1. The number of fused-ring (bicyclic) bond motifs is 1. The van der Waals surface area contributed by atoms with Gasteiger partial charge in [0.15, 0.2) is 4.34 Å². The van der Waals surface area contributed by atoms with E-state index in [0.29, 0.717) is 22.6 Å². The van der Waals surface area contributed by atoms with Crippen LogP contribution in [0.3, 0.4) is 0 Å². The molecule has 18 heteroatoms. The Kier molecular flexibility index (Phi) is 9.16. The Morgan fingerprint density at radius 1 is 1.27 bits per heavy atom. The van der Waals surface area contributed by atoms with Crippen LogP contribution in [-0.2, 0) is 24.8 Å². The smallest absolute Gasteiger partial charge is 0.394 e. The van der Waals surface area contributed by atoms with Gasteiger partial charge in [0, 0.05) is 11.5 Å². The number of β-lactam (4-membered cyclic amide) rings is 1. The first kappa shape index (κ1) is 28.8. The van der Waals surface area contributed by atoms with Gasteiger partial charge in [-0.2, -0.15) is 8.42 Å². The van der Waals surface area contributed by atoms with Crippen molar-refractivity contribution < 1.29 is 42.1 Å². The largest absolute Gasteiger partial charge is 0.508 e. The lowest BCUT2D eigenvalue weighted by atomic mass is 10.0. The number of carboxylic acids is 1. The van der Waals surface area contributed by atoms with Crippen LogP contribution in [0.5, 0.6) is 5.75 Å². The van der Waals surface area contributed by atoms with E-state index in [2.05, 4.69) is 15.5 Å². The highest BCUT2D eigenvalue weighted by molar-refractivity contribution is 8.01. The number of carboxylic acid groups (broad SMARTS) is 1. The molecule has 1 aromatic heterocycles. The number of aromatic hydroxyl groups is 1. The highest BCUT2D eigenvalue weighted by Crippen LogP contribution is 2.42. The van der Waals surface area contributed by atoms with Crippen LogP contribution in [0.15, 0.2) is 39.9 Å². The zero-order valence-corrected chi connectivity index (χ0v) is 22.1. The van der Waals surface area contributed by atoms with Crippen molar-refractivity contribution in [1.29, 1.82) is 0 Å². The van der Waals surface area contributed by atoms with Crippen molar-refractivity contribution in [3.63, 3.8) is 0 Å². The number of nitrogens with one attached hydrogen (secondary N) is 1. The molecule has 2 aliphatic rings. The number of aliphatic carboxylic acids is 1. The third-order valence-electron chi connectivity index (χ3n) is 4.96. The Morgan fingerprint density at radius 2 is 1.89 bits per heavy atom. The maximum atomic E-state index is 12.8. The highest BCUT2D eigenvalue weighted by Gasteiger charge is 2.54. The number of aryl methyl sites for hydroxylation is 1. The molecule has 4 rings (SSSR count). The molecule has 0 spiro atoms. The minimum Gasteiger partial charge on any atom is -0.508 e. The van der Waals surface area contributed by atoms with Crippen molar-refractivity contribution in [3.05, 3.63) is 46.1 Å². The molecule has 1 fully saturated rings. The molecule has 3 heterocycles. The van der Waals surface area contributed by atoms with Gasteiger partial charge < -0.3 is 21.3 Å². The number of rotatable bonds is 7. The predicted molar refractivity (Wildman–Crippen MR) is 134 cm³/mol. The first-order valence-electron chi connectivity index (χ1n) is 10.1. The predicted octanol–water partition coefficient (Wildman–Crippen LogP) is 0.430. The first-order chi connectivity index (χ1) is 17.3. The van der Waals surface area contributed by atoms with E-state index in [-0.39, 0.29) is 11.4 Å². The Morgan fingerprint density at radius 3 is 2.43 bits per heavy atom. The molecule has 1 saturated heterocycles. The summed E-state index contributed by atoms with van der Waals surface area (Å²) >= 11 is 4.20. The molecule has 37 heavy (non-hydrogen) atoms. The number of hydrogen-bond donors (Lipinski definition) is 6. The summed E-state index contributed by atoms with van der Waals surface area (Å²) in [5, 5.41) is 30.0. The molecular formula is C19H21N5O9S4. The summed E-state index contributed by atoms with van der Waals surface area (Å²) in [6, 6.07) is 4.01. The fraction of sp³-hybridized carbons (Fsp3) is 0.316. The molecule has 14 nitrogen and oxygen atoms in total. The summed E-state index contributed by atoms with van der Waals surface area (Å²) in [5.74, 6) is -1.38. The fourth-order valence-electron chi connectivity index (χ4n) is 3.36. The van der Waals surface area contributed by atoms with Crippen LogP contribution in [0, 0.1) is 6.92 Å². The number of phenols is 1. The zero-order valence-electron chi connectivity index (χ0n) is 18.8. The lowest BCUT2D eigenvalue weighted by molar-refractivity contribution is -0.150. The lowest BCUT2D eigenvalue weighted by Crippen LogP contribution is -2.71. The second kappa shape index (κ2) is 11.8. The van der Waals surface area contributed by atoms with Gasteiger partial charge in [0.2, 0.25) is 5.91 Å². The van der Waals surface area contributed by atoms with Gasteiger partial charge in [-0.05, 0) is 30.2 Å². The molecule has 0 bridgehead atoms. The van der Waals surface area contributed by atoms with E-state index in [1.54, 1.807) is 0 Å². The first-order valence-corrected chi connectivity index (χ1v) is 14.4. The SMILES string of the molecule is Cc1nnc(SCC2=C(C(=O)O)N3C(=O)[C@@H](NC(=O)C(N)c4ccc(O)cc4)[C@H]3SC2)s1.O=S(=O)(O)O. The number of nitrogens with two attached hydrogens (primary N) is 1. The molecule has 1 unspecified atom stereocenters. The number of carbonyl (C=O) groups excluding carboxylic acids is 2. The lowest BCUT2D eigenvalue weighted by Gasteiger charge is -2.49. The van der Waals surface area contributed by atoms with Crippen molar-refractivity contribution in [1.82, 2.24) is 20.4 Å². The van der Waals surface area contributed by atoms with Crippen molar-refractivity contribution in [2.75, 3.05) is 11.5 Å². The van der Waals surface area contributed by atoms with Gasteiger partial charge in [0.25, 0.3) is 5.91 Å². The normalized spacial score (nSPS) is 19.8. The van der Waals surface area contributed by atoms with Crippen LogP contribution in [0.25, 0.3) is 0 Å².